The summed E-state index contributed by atoms with van der Waals surface area (Å²) in [4.78, 5) is 14.9. The van der Waals surface area contributed by atoms with E-state index < -0.39 is 0 Å². The molecule has 1 atom stereocenters. The maximum absolute atomic E-state index is 12.8. The van der Waals surface area contributed by atoms with Crippen LogP contribution in [0.3, 0.4) is 0 Å². The molecule has 1 spiro atoms. The van der Waals surface area contributed by atoms with E-state index in [4.69, 9.17) is 0 Å². The van der Waals surface area contributed by atoms with Crippen LogP contribution in [0.25, 0.3) is 0 Å². The molecule has 1 N–H and O–H groups in total. The van der Waals surface area contributed by atoms with E-state index in [0.29, 0.717) is 11.9 Å². The average Bonchev–Trinajstić information content (AvgIpc) is 3.09. The van der Waals surface area contributed by atoms with Gasteiger partial charge in [0.05, 0.1) is 0 Å². The minimum Gasteiger partial charge on any atom is -0.318 e. The molecule has 1 unspecified atom stereocenters. The highest BCUT2D eigenvalue weighted by molar-refractivity contribution is 5.92. The predicted molar refractivity (Wildman–Crippen MR) is 78.2 cm³/mol. The third-order valence-electron chi connectivity index (χ3n) is 5.28. The number of carbonyl (C=O) groups is 1. The molecule has 3 nitrogen and oxygen atoms in total. The molecule has 2 aliphatic carbocycles. The van der Waals surface area contributed by atoms with Crippen molar-refractivity contribution >= 4 is 5.91 Å². The van der Waals surface area contributed by atoms with Gasteiger partial charge in [-0.05, 0) is 57.1 Å². The second-order valence-corrected chi connectivity index (χ2v) is 6.79. The third kappa shape index (κ3) is 1.65. The molecule has 0 aromatic heterocycles. The normalized spacial score (nSPS) is 28.0. The maximum atomic E-state index is 12.8. The molecule has 1 aromatic rings. The number of carbonyl (C=O) groups excluding carboxylic acids is 1. The molecule has 3 heteroatoms. The molecule has 4 rings (SSSR count). The van der Waals surface area contributed by atoms with Gasteiger partial charge in [-0.15, -0.1) is 0 Å². The fourth-order valence-electron chi connectivity index (χ4n) is 3.56. The summed E-state index contributed by atoms with van der Waals surface area (Å²) in [5.74, 6) is 0.355. The smallest absolute Gasteiger partial charge is 0.244 e. The van der Waals surface area contributed by atoms with E-state index in [1.807, 2.05) is 0 Å². The summed E-state index contributed by atoms with van der Waals surface area (Å²) in [6, 6.07) is 7.02. The number of rotatable bonds is 2. The number of aryl methyl sites for hydroxylation is 2. The van der Waals surface area contributed by atoms with Gasteiger partial charge in [-0.1, -0.05) is 23.8 Å². The first kappa shape index (κ1) is 12.4. The third-order valence-corrected chi connectivity index (χ3v) is 5.28. The first-order valence-corrected chi connectivity index (χ1v) is 7.78. The predicted octanol–water partition coefficient (Wildman–Crippen LogP) is 2.82. The Morgan fingerprint density at radius 2 is 2.00 bits per heavy atom. The lowest BCUT2D eigenvalue weighted by Gasteiger charge is -2.38. The lowest BCUT2D eigenvalue weighted by Crippen LogP contribution is -2.44. The van der Waals surface area contributed by atoms with Gasteiger partial charge in [-0.25, -0.2) is 0 Å². The van der Waals surface area contributed by atoms with Crippen molar-refractivity contribution in [2.45, 2.75) is 63.7 Å². The molecular weight excluding hydrogens is 248 g/mol. The number of benzene rings is 1. The molecule has 3 aliphatic rings. The van der Waals surface area contributed by atoms with Gasteiger partial charge >= 0.3 is 0 Å². The molecule has 1 saturated heterocycles. The number of hydrogen-bond donors (Lipinski definition) is 1. The summed E-state index contributed by atoms with van der Waals surface area (Å²) in [6.45, 7) is 4.28. The van der Waals surface area contributed by atoms with Gasteiger partial charge in [-0.3, -0.25) is 10.1 Å². The highest BCUT2D eigenvalue weighted by Gasteiger charge is 2.61. The summed E-state index contributed by atoms with van der Waals surface area (Å²) in [6.07, 6.45) is 5.72. The van der Waals surface area contributed by atoms with Crippen LogP contribution in [0.15, 0.2) is 18.2 Å². The van der Waals surface area contributed by atoms with E-state index in [9.17, 15) is 4.79 Å². The van der Waals surface area contributed by atoms with Gasteiger partial charge in [0.1, 0.15) is 11.7 Å². The SMILES string of the molecule is Cc1ccc(C)c(C2NC3(CC3)C(=O)N2C2CCC2)c1. The summed E-state index contributed by atoms with van der Waals surface area (Å²) in [5.41, 5.74) is 3.62. The lowest BCUT2D eigenvalue weighted by atomic mass is 9.90. The second kappa shape index (κ2) is 4.08. The molecule has 1 aromatic carbocycles. The Labute approximate surface area is 120 Å². The van der Waals surface area contributed by atoms with Gasteiger partial charge in [0.25, 0.3) is 0 Å². The summed E-state index contributed by atoms with van der Waals surface area (Å²) in [5, 5.41) is 3.65. The quantitative estimate of drug-likeness (QED) is 0.896. The Bertz CT molecular complexity index is 572. The highest BCUT2D eigenvalue weighted by Crippen LogP contribution is 2.49. The molecule has 0 bridgehead atoms. The van der Waals surface area contributed by atoms with Gasteiger partial charge in [0.2, 0.25) is 5.91 Å². The van der Waals surface area contributed by atoms with Crippen LogP contribution in [0.4, 0.5) is 0 Å². The van der Waals surface area contributed by atoms with E-state index >= 15 is 0 Å². The van der Waals surface area contributed by atoms with Crippen molar-refractivity contribution in [2.24, 2.45) is 0 Å². The van der Waals surface area contributed by atoms with Crippen molar-refractivity contribution in [2.75, 3.05) is 0 Å². The van der Waals surface area contributed by atoms with E-state index in [2.05, 4.69) is 42.3 Å². The van der Waals surface area contributed by atoms with Crippen molar-refractivity contribution in [3.63, 3.8) is 0 Å². The van der Waals surface area contributed by atoms with Crippen molar-refractivity contribution in [3.8, 4) is 0 Å². The number of nitrogens with one attached hydrogen (secondary N) is 1. The van der Waals surface area contributed by atoms with E-state index in [1.54, 1.807) is 0 Å². The van der Waals surface area contributed by atoms with Crippen molar-refractivity contribution in [3.05, 3.63) is 34.9 Å². The van der Waals surface area contributed by atoms with E-state index in [-0.39, 0.29) is 11.7 Å². The average molecular weight is 270 g/mol. The first-order chi connectivity index (χ1) is 9.61. The molecule has 3 fully saturated rings. The van der Waals surface area contributed by atoms with Gasteiger partial charge in [0.15, 0.2) is 0 Å². The minimum absolute atomic E-state index is 0.0928. The van der Waals surface area contributed by atoms with Crippen LogP contribution in [0, 0.1) is 13.8 Å². The molecule has 1 aliphatic heterocycles. The molecule has 1 amide bonds. The molecule has 1 heterocycles. The lowest BCUT2D eigenvalue weighted by molar-refractivity contribution is -0.134. The molecule has 106 valence electrons. The zero-order valence-electron chi connectivity index (χ0n) is 12.3. The van der Waals surface area contributed by atoms with Crippen molar-refractivity contribution in [1.82, 2.24) is 10.2 Å². The largest absolute Gasteiger partial charge is 0.318 e. The maximum Gasteiger partial charge on any atom is 0.244 e. The molecule has 20 heavy (non-hydrogen) atoms. The topological polar surface area (TPSA) is 32.3 Å². The monoisotopic (exact) mass is 270 g/mol. The summed E-state index contributed by atoms with van der Waals surface area (Å²) >= 11 is 0. The summed E-state index contributed by atoms with van der Waals surface area (Å²) in [7, 11) is 0. The number of amides is 1. The van der Waals surface area contributed by atoms with Crippen LogP contribution in [0.2, 0.25) is 0 Å². The highest BCUT2D eigenvalue weighted by atomic mass is 16.2. The zero-order chi connectivity index (χ0) is 13.9. The Hall–Kier alpha value is -1.35. The minimum atomic E-state index is -0.212. The Kier molecular flexibility index (Phi) is 2.53. The molecule has 0 radical (unpaired) electrons. The molecular formula is C17H22N2O. The second-order valence-electron chi connectivity index (χ2n) is 6.79. The van der Waals surface area contributed by atoms with Crippen LogP contribution in [0.1, 0.15) is 55.0 Å². The number of nitrogens with zero attached hydrogens (tertiary/aromatic N) is 1. The Balaban J connectivity index is 1.74. The van der Waals surface area contributed by atoms with Crippen molar-refractivity contribution < 1.29 is 4.79 Å². The Morgan fingerprint density at radius 1 is 1.25 bits per heavy atom. The van der Waals surface area contributed by atoms with Crippen LogP contribution in [-0.2, 0) is 4.79 Å². The van der Waals surface area contributed by atoms with Crippen LogP contribution < -0.4 is 5.32 Å². The molecule has 2 saturated carbocycles. The van der Waals surface area contributed by atoms with Crippen molar-refractivity contribution in [1.29, 1.82) is 0 Å². The summed E-state index contributed by atoms with van der Waals surface area (Å²) < 4.78 is 0. The van der Waals surface area contributed by atoms with E-state index in [0.717, 1.165) is 12.8 Å². The van der Waals surface area contributed by atoms with Crippen LogP contribution >= 0.6 is 0 Å². The fraction of sp³-hybridized carbons (Fsp3) is 0.588. The first-order valence-electron chi connectivity index (χ1n) is 7.78. The van der Waals surface area contributed by atoms with Crippen LogP contribution in [0.5, 0.6) is 0 Å². The van der Waals surface area contributed by atoms with Crippen LogP contribution in [-0.4, -0.2) is 22.4 Å². The van der Waals surface area contributed by atoms with Gasteiger partial charge < -0.3 is 4.90 Å². The zero-order valence-corrected chi connectivity index (χ0v) is 12.3. The van der Waals surface area contributed by atoms with Gasteiger partial charge in [-0.2, -0.15) is 0 Å². The fourth-order valence-corrected chi connectivity index (χ4v) is 3.56. The van der Waals surface area contributed by atoms with Gasteiger partial charge in [0, 0.05) is 6.04 Å². The van der Waals surface area contributed by atoms with E-state index in [1.165, 1.54) is 36.0 Å². The standard InChI is InChI=1S/C17H22N2O/c1-11-6-7-12(2)14(10-11)15-18-17(8-9-17)16(20)19(15)13-4-3-5-13/h6-7,10,13,15,18H,3-5,8-9H2,1-2H3. The number of hydrogen-bond acceptors (Lipinski definition) is 2. The Morgan fingerprint density at radius 3 is 2.60 bits per heavy atom.